The first kappa shape index (κ1) is 58.7. The molecule has 0 aliphatic carbocycles. The van der Waals surface area contributed by atoms with Gasteiger partial charge in [0.25, 0.3) is 0 Å². The standard InChI is InChI=1S/C50H90NO9P/c1-3-5-7-9-11-13-15-17-19-21-23-24-25-26-28-30-32-34-36-38-40-42-49(52)60-47(45-58-61(55,56)59-46-48(51)50(53)54)44-57-43-41-39-37-35-33-31-29-27-22-20-18-16-14-12-10-8-6-4-2/h5,7,11,13,17-20,23-24,47-48H,3-4,6,8-10,12,14-16,21-22,25-46,51H2,1-2H3,(H,53,54)(H,55,56)/b7-5-,13-11-,19-17-,20-18-,24-23-. The number of phosphoric acid groups is 1. The number of carbonyl (C=O) groups is 2. The Morgan fingerprint density at radius 1 is 0.541 bits per heavy atom. The van der Waals surface area contributed by atoms with Crippen molar-refractivity contribution in [1.82, 2.24) is 0 Å². The van der Waals surface area contributed by atoms with Crippen molar-refractivity contribution in [2.45, 2.75) is 219 Å². The van der Waals surface area contributed by atoms with E-state index in [-0.39, 0.29) is 13.0 Å². The minimum absolute atomic E-state index is 0.00999. The van der Waals surface area contributed by atoms with Crippen LogP contribution in [-0.2, 0) is 32.7 Å². The first-order valence-corrected chi connectivity index (χ1v) is 25.8. The van der Waals surface area contributed by atoms with Crippen molar-refractivity contribution in [3.05, 3.63) is 60.8 Å². The van der Waals surface area contributed by atoms with E-state index in [0.29, 0.717) is 13.0 Å². The number of aliphatic carboxylic acids is 1. The highest BCUT2D eigenvalue weighted by Gasteiger charge is 2.27. The number of hydrogen-bond acceptors (Lipinski definition) is 8. The lowest BCUT2D eigenvalue weighted by Crippen LogP contribution is -2.34. The van der Waals surface area contributed by atoms with Crippen LogP contribution in [-0.4, -0.2) is 60.5 Å². The fraction of sp³-hybridized carbons (Fsp3) is 0.760. The van der Waals surface area contributed by atoms with Crippen LogP contribution < -0.4 is 5.73 Å². The summed E-state index contributed by atoms with van der Waals surface area (Å²) in [5, 5.41) is 8.92. The maximum atomic E-state index is 12.7. The second-order valence-electron chi connectivity index (χ2n) is 16.2. The Morgan fingerprint density at radius 2 is 0.951 bits per heavy atom. The molecule has 61 heavy (non-hydrogen) atoms. The van der Waals surface area contributed by atoms with Crippen LogP contribution in [0.25, 0.3) is 0 Å². The molecule has 10 nitrogen and oxygen atoms in total. The molecule has 0 saturated carbocycles. The summed E-state index contributed by atoms with van der Waals surface area (Å²) in [5.41, 5.74) is 5.37. The average molecular weight is 880 g/mol. The topological polar surface area (TPSA) is 155 Å². The Kier molecular flexibility index (Phi) is 43.9. The number of hydrogen-bond donors (Lipinski definition) is 3. The Labute approximate surface area is 372 Å². The number of esters is 1. The third kappa shape index (κ3) is 45.5. The van der Waals surface area contributed by atoms with Gasteiger partial charge in [-0.1, -0.05) is 184 Å². The highest BCUT2D eigenvalue weighted by Crippen LogP contribution is 2.43. The molecule has 0 aromatic carbocycles. The van der Waals surface area contributed by atoms with E-state index in [0.717, 1.165) is 70.6 Å². The van der Waals surface area contributed by atoms with E-state index in [9.17, 15) is 19.0 Å². The smallest absolute Gasteiger partial charge is 0.472 e. The van der Waals surface area contributed by atoms with Crippen molar-refractivity contribution in [3.8, 4) is 0 Å². The van der Waals surface area contributed by atoms with Crippen LogP contribution in [0.3, 0.4) is 0 Å². The molecule has 0 saturated heterocycles. The SMILES string of the molecule is CC/C=C\C/C=C\C/C=C\C/C=C\CCCCCCCCCCC(=O)OC(COCCCCCCCCCC/C=C\CCCCCCCC)COP(=O)(O)OCC(N)C(=O)O. The highest BCUT2D eigenvalue weighted by molar-refractivity contribution is 7.47. The van der Waals surface area contributed by atoms with Crippen molar-refractivity contribution >= 4 is 19.8 Å². The Morgan fingerprint density at radius 3 is 1.44 bits per heavy atom. The van der Waals surface area contributed by atoms with E-state index in [2.05, 4.69) is 74.6 Å². The van der Waals surface area contributed by atoms with Gasteiger partial charge >= 0.3 is 19.8 Å². The minimum Gasteiger partial charge on any atom is -0.480 e. The van der Waals surface area contributed by atoms with Crippen molar-refractivity contribution in [3.63, 3.8) is 0 Å². The van der Waals surface area contributed by atoms with Gasteiger partial charge in [-0.2, -0.15) is 0 Å². The van der Waals surface area contributed by atoms with Crippen LogP contribution in [0.5, 0.6) is 0 Å². The maximum Gasteiger partial charge on any atom is 0.472 e. The van der Waals surface area contributed by atoms with Crippen LogP contribution in [0.1, 0.15) is 206 Å². The number of phosphoric ester groups is 1. The molecule has 0 aromatic heterocycles. The molecule has 0 aliphatic heterocycles. The molecule has 0 bridgehead atoms. The summed E-state index contributed by atoms with van der Waals surface area (Å²) in [6.45, 7) is 3.76. The third-order valence-electron chi connectivity index (χ3n) is 10.3. The fourth-order valence-electron chi connectivity index (χ4n) is 6.53. The van der Waals surface area contributed by atoms with Gasteiger partial charge < -0.3 is 25.2 Å². The number of rotatable bonds is 46. The van der Waals surface area contributed by atoms with E-state index < -0.39 is 45.1 Å². The molecule has 4 N–H and O–H groups in total. The molecule has 3 atom stereocenters. The summed E-state index contributed by atoms with van der Waals surface area (Å²) in [7, 11) is -4.63. The number of unbranched alkanes of at least 4 members (excludes halogenated alkanes) is 22. The zero-order valence-corrected chi connectivity index (χ0v) is 39.6. The lowest BCUT2D eigenvalue weighted by atomic mass is 10.1. The number of carboxylic acids is 1. The fourth-order valence-corrected chi connectivity index (χ4v) is 7.31. The quantitative estimate of drug-likeness (QED) is 0.0233. The monoisotopic (exact) mass is 880 g/mol. The molecular weight excluding hydrogens is 790 g/mol. The molecule has 3 unspecified atom stereocenters. The van der Waals surface area contributed by atoms with Crippen molar-refractivity contribution < 1.29 is 42.7 Å². The highest BCUT2D eigenvalue weighted by atomic mass is 31.2. The Hall–Kier alpha value is -2.33. The summed E-state index contributed by atoms with van der Waals surface area (Å²) >= 11 is 0. The van der Waals surface area contributed by atoms with Crippen LogP contribution in [0.15, 0.2) is 60.8 Å². The van der Waals surface area contributed by atoms with E-state index in [1.165, 1.54) is 109 Å². The van der Waals surface area contributed by atoms with Crippen molar-refractivity contribution in [2.75, 3.05) is 26.4 Å². The molecule has 11 heteroatoms. The summed E-state index contributed by atoms with van der Waals surface area (Å²) in [5.74, 6) is -1.79. The largest absolute Gasteiger partial charge is 0.480 e. The molecule has 0 fully saturated rings. The van der Waals surface area contributed by atoms with Crippen LogP contribution in [0.4, 0.5) is 0 Å². The van der Waals surface area contributed by atoms with Gasteiger partial charge in [0.15, 0.2) is 0 Å². The summed E-state index contributed by atoms with van der Waals surface area (Å²) in [4.78, 5) is 33.7. The lowest BCUT2D eigenvalue weighted by molar-refractivity contribution is -0.154. The third-order valence-corrected chi connectivity index (χ3v) is 11.2. The zero-order valence-electron chi connectivity index (χ0n) is 38.7. The van der Waals surface area contributed by atoms with Crippen molar-refractivity contribution in [1.29, 1.82) is 0 Å². The van der Waals surface area contributed by atoms with Gasteiger partial charge in [0, 0.05) is 13.0 Å². The van der Waals surface area contributed by atoms with Gasteiger partial charge in [0.1, 0.15) is 12.1 Å². The number of carbonyl (C=O) groups excluding carboxylic acids is 1. The molecule has 0 aromatic rings. The normalized spacial score (nSPS) is 14.3. The minimum atomic E-state index is -4.63. The Bertz CT molecular complexity index is 1200. The average Bonchev–Trinajstić information content (AvgIpc) is 3.24. The molecule has 0 spiro atoms. The van der Waals surface area contributed by atoms with E-state index in [1.54, 1.807) is 0 Å². The van der Waals surface area contributed by atoms with Gasteiger partial charge in [-0.25, -0.2) is 4.57 Å². The van der Waals surface area contributed by atoms with Gasteiger partial charge in [0.05, 0.1) is 19.8 Å². The van der Waals surface area contributed by atoms with Crippen LogP contribution in [0, 0.1) is 0 Å². The Balaban J connectivity index is 4.20. The zero-order chi connectivity index (χ0) is 44.8. The molecule has 354 valence electrons. The molecule has 0 aliphatic rings. The maximum absolute atomic E-state index is 12.7. The van der Waals surface area contributed by atoms with Gasteiger partial charge in [-0.15, -0.1) is 0 Å². The summed E-state index contributed by atoms with van der Waals surface area (Å²) < 4.78 is 33.5. The second-order valence-corrected chi connectivity index (χ2v) is 17.7. The molecule has 0 radical (unpaired) electrons. The van der Waals surface area contributed by atoms with Gasteiger partial charge in [-0.05, 0) is 77.0 Å². The lowest BCUT2D eigenvalue weighted by Gasteiger charge is -2.20. The van der Waals surface area contributed by atoms with E-state index in [1.807, 2.05) is 0 Å². The molecular formula is C50H90NO9P. The molecule has 0 heterocycles. The van der Waals surface area contributed by atoms with Gasteiger partial charge in [-0.3, -0.25) is 18.6 Å². The number of nitrogens with two attached hydrogens (primary N) is 1. The number of ether oxygens (including phenoxy) is 2. The van der Waals surface area contributed by atoms with Crippen molar-refractivity contribution in [2.24, 2.45) is 5.73 Å². The predicted octanol–water partition coefficient (Wildman–Crippen LogP) is 14.0. The first-order chi connectivity index (χ1) is 29.7. The van der Waals surface area contributed by atoms with Crippen LogP contribution >= 0.6 is 7.82 Å². The predicted molar refractivity (Wildman–Crippen MR) is 254 cm³/mol. The molecule has 0 amide bonds. The number of carboxylic acid groups (broad SMARTS) is 1. The summed E-state index contributed by atoms with van der Waals surface area (Å²) in [6.07, 6.45) is 55.5. The number of allylic oxidation sites excluding steroid dienone is 10. The molecule has 0 rings (SSSR count). The van der Waals surface area contributed by atoms with Crippen LogP contribution in [0.2, 0.25) is 0 Å². The van der Waals surface area contributed by atoms with E-state index in [4.69, 9.17) is 29.4 Å². The first-order valence-electron chi connectivity index (χ1n) is 24.3. The summed E-state index contributed by atoms with van der Waals surface area (Å²) in [6, 6.07) is -1.48. The van der Waals surface area contributed by atoms with E-state index >= 15 is 0 Å². The second kappa shape index (κ2) is 45.7. The van der Waals surface area contributed by atoms with Gasteiger partial charge in [0.2, 0.25) is 0 Å².